The second kappa shape index (κ2) is 7.02. The second-order valence-electron chi connectivity index (χ2n) is 6.79. The summed E-state index contributed by atoms with van der Waals surface area (Å²) < 4.78 is 14.0. The van der Waals surface area contributed by atoms with Crippen LogP contribution in [0.3, 0.4) is 0 Å². The number of benzene rings is 1. The molecule has 0 spiro atoms. The molecule has 8 nitrogen and oxygen atoms in total. The van der Waals surface area contributed by atoms with Crippen molar-refractivity contribution < 1.29 is 9.47 Å². The molecule has 0 saturated carbocycles. The summed E-state index contributed by atoms with van der Waals surface area (Å²) in [5, 5.41) is 11.9. The molecule has 2 bridgehead atoms. The summed E-state index contributed by atoms with van der Waals surface area (Å²) in [6, 6.07) is 11.3. The zero-order valence-corrected chi connectivity index (χ0v) is 14.9. The van der Waals surface area contributed by atoms with Crippen LogP contribution >= 0.6 is 0 Å². The molecule has 1 N–H and O–H groups in total. The molecule has 8 heteroatoms. The van der Waals surface area contributed by atoms with Gasteiger partial charge in [0.1, 0.15) is 24.8 Å². The number of nitrogens with one attached hydrogen (secondary N) is 1. The van der Waals surface area contributed by atoms with Crippen LogP contribution in [0.2, 0.25) is 0 Å². The van der Waals surface area contributed by atoms with Gasteiger partial charge in [0.05, 0.1) is 30.8 Å². The fourth-order valence-corrected chi connectivity index (χ4v) is 3.74. The molecule has 0 amide bonds. The highest BCUT2D eigenvalue weighted by Crippen LogP contribution is 2.37. The Bertz CT molecular complexity index is 1010. The smallest absolute Gasteiger partial charge is 0.335 e. The molecule has 140 valence electrons. The van der Waals surface area contributed by atoms with Crippen molar-refractivity contribution >= 4 is 5.82 Å². The number of rotatable bonds is 5. The molecule has 1 aromatic carbocycles. The molecule has 4 rings (SSSR count). The Kier molecular flexibility index (Phi) is 4.56. The predicted octanol–water partition coefficient (Wildman–Crippen LogP) is 0.988. The molecule has 2 aliphatic rings. The highest BCUT2D eigenvalue weighted by atomic mass is 16.6. The van der Waals surface area contributed by atoms with E-state index >= 15 is 0 Å². The lowest BCUT2D eigenvalue weighted by atomic mass is 10.1. The van der Waals surface area contributed by atoms with Crippen LogP contribution in [0.1, 0.15) is 23.8 Å². The van der Waals surface area contributed by atoms with Crippen molar-refractivity contribution in [2.45, 2.75) is 38.3 Å². The molecule has 1 saturated heterocycles. The van der Waals surface area contributed by atoms with Crippen molar-refractivity contribution in [1.82, 2.24) is 9.13 Å². The number of hydrogen-bond donors (Lipinski definition) is 1. The third-order valence-electron chi connectivity index (χ3n) is 5.08. The van der Waals surface area contributed by atoms with E-state index in [1.54, 1.807) is 6.92 Å². The first-order valence-electron chi connectivity index (χ1n) is 8.86. The summed E-state index contributed by atoms with van der Waals surface area (Å²) >= 11 is 0. The minimum absolute atomic E-state index is 0.00897. The van der Waals surface area contributed by atoms with E-state index in [1.165, 1.54) is 9.13 Å². The fourth-order valence-electron chi connectivity index (χ4n) is 3.74. The largest absolute Gasteiger partial charge is 0.365 e. The van der Waals surface area contributed by atoms with Crippen LogP contribution in [-0.2, 0) is 16.0 Å². The molecule has 1 aromatic heterocycles. The van der Waals surface area contributed by atoms with Crippen molar-refractivity contribution in [1.29, 1.82) is 5.26 Å². The minimum atomic E-state index is -0.448. The van der Waals surface area contributed by atoms with Crippen molar-refractivity contribution in [3.05, 3.63) is 62.3 Å². The molecule has 3 heterocycles. The maximum Gasteiger partial charge on any atom is 0.335 e. The Morgan fingerprint density at radius 3 is 2.85 bits per heavy atom. The highest BCUT2D eigenvalue weighted by Gasteiger charge is 2.43. The SMILES string of the molecule is Cc1c2n(c(=O)n(Cc3ccccc3)c1=O)[C@@H]1C[C@H](N2)[C@H](COCC#N)O1. The van der Waals surface area contributed by atoms with Crippen LogP contribution in [0, 0.1) is 18.3 Å². The molecule has 2 aromatic rings. The highest BCUT2D eigenvalue weighted by molar-refractivity contribution is 5.47. The number of aromatic nitrogens is 2. The maximum absolute atomic E-state index is 13.1. The molecule has 1 fully saturated rings. The number of fused-ring (bicyclic) bond motifs is 4. The maximum atomic E-state index is 13.1. The monoisotopic (exact) mass is 368 g/mol. The van der Waals surface area contributed by atoms with E-state index < -0.39 is 6.23 Å². The standard InChI is InChI=1S/C19H20N4O4/c1-12-17-21-14-9-16(27-15(14)11-26-8-7-20)23(17)19(25)22(18(12)24)10-13-5-3-2-4-6-13/h2-6,14-16,21H,8-11H2,1H3/t14-,15-,16-/m0/s1. The van der Waals surface area contributed by atoms with Gasteiger partial charge in [0.15, 0.2) is 0 Å². The molecule has 0 radical (unpaired) electrons. The number of hydrogen-bond acceptors (Lipinski definition) is 6. The van der Waals surface area contributed by atoms with Crippen molar-refractivity contribution in [3.63, 3.8) is 0 Å². The van der Waals surface area contributed by atoms with E-state index in [1.807, 2.05) is 36.4 Å². The fraction of sp³-hybridized carbons (Fsp3) is 0.421. The van der Waals surface area contributed by atoms with Gasteiger partial charge < -0.3 is 14.8 Å². The Hall–Kier alpha value is -2.89. The summed E-state index contributed by atoms with van der Waals surface area (Å²) in [6.07, 6.45) is -0.119. The van der Waals surface area contributed by atoms with Gasteiger partial charge in [-0.1, -0.05) is 30.3 Å². The van der Waals surface area contributed by atoms with Crippen LogP contribution in [0.25, 0.3) is 0 Å². The lowest BCUT2D eigenvalue weighted by molar-refractivity contribution is -0.0357. The lowest BCUT2D eigenvalue weighted by Crippen LogP contribution is -2.46. The van der Waals surface area contributed by atoms with E-state index in [2.05, 4.69) is 5.32 Å². The van der Waals surface area contributed by atoms with E-state index in [-0.39, 0.29) is 43.2 Å². The summed E-state index contributed by atoms with van der Waals surface area (Å²) in [6.45, 7) is 2.18. The van der Waals surface area contributed by atoms with Crippen LogP contribution in [0.15, 0.2) is 39.9 Å². The number of nitriles is 1. The van der Waals surface area contributed by atoms with Crippen LogP contribution < -0.4 is 16.6 Å². The van der Waals surface area contributed by atoms with Gasteiger partial charge in [0.2, 0.25) is 0 Å². The molecule has 2 aliphatic heterocycles. The van der Waals surface area contributed by atoms with Crippen LogP contribution in [0.5, 0.6) is 0 Å². The van der Waals surface area contributed by atoms with Crippen molar-refractivity contribution in [3.8, 4) is 6.07 Å². The average Bonchev–Trinajstić information content (AvgIpc) is 3.00. The number of nitrogens with zero attached hydrogens (tertiary/aromatic N) is 3. The normalized spacial score (nSPS) is 22.7. The Balaban J connectivity index is 1.69. The Morgan fingerprint density at radius 2 is 2.11 bits per heavy atom. The summed E-state index contributed by atoms with van der Waals surface area (Å²) in [5.74, 6) is 0.512. The number of anilines is 1. The van der Waals surface area contributed by atoms with Crippen LogP contribution in [-0.4, -0.2) is 34.5 Å². The average molecular weight is 368 g/mol. The van der Waals surface area contributed by atoms with Gasteiger partial charge >= 0.3 is 5.69 Å². The van der Waals surface area contributed by atoms with E-state index in [9.17, 15) is 9.59 Å². The lowest BCUT2D eigenvalue weighted by Gasteiger charge is -2.27. The van der Waals surface area contributed by atoms with E-state index in [0.29, 0.717) is 17.8 Å². The quantitative estimate of drug-likeness (QED) is 0.791. The van der Waals surface area contributed by atoms with E-state index in [0.717, 1.165) is 5.56 Å². The first-order valence-corrected chi connectivity index (χ1v) is 8.86. The molecule has 3 atom stereocenters. The molecular formula is C19H20N4O4. The van der Waals surface area contributed by atoms with Crippen LogP contribution in [0.4, 0.5) is 5.82 Å². The topological polar surface area (TPSA) is 98.3 Å². The second-order valence-corrected chi connectivity index (χ2v) is 6.79. The summed E-state index contributed by atoms with van der Waals surface area (Å²) in [7, 11) is 0. The molecule has 27 heavy (non-hydrogen) atoms. The predicted molar refractivity (Wildman–Crippen MR) is 97.6 cm³/mol. The third-order valence-corrected chi connectivity index (χ3v) is 5.08. The van der Waals surface area contributed by atoms with Gasteiger partial charge in [-0.3, -0.25) is 13.9 Å². The first kappa shape index (κ1) is 17.5. The zero-order valence-electron chi connectivity index (χ0n) is 14.9. The van der Waals surface area contributed by atoms with Crippen molar-refractivity contribution in [2.75, 3.05) is 18.5 Å². The third kappa shape index (κ3) is 3.05. The number of ether oxygens (including phenoxy) is 2. The van der Waals surface area contributed by atoms with Crippen molar-refractivity contribution in [2.24, 2.45) is 0 Å². The zero-order chi connectivity index (χ0) is 19.0. The molecular weight excluding hydrogens is 348 g/mol. The first-order chi connectivity index (χ1) is 13.1. The van der Waals surface area contributed by atoms with Gasteiger partial charge in [-0.05, 0) is 12.5 Å². The minimum Gasteiger partial charge on any atom is -0.365 e. The summed E-state index contributed by atoms with van der Waals surface area (Å²) in [5.41, 5.74) is 0.677. The van der Waals surface area contributed by atoms with Gasteiger partial charge in [-0.25, -0.2) is 4.79 Å². The van der Waals surface area contributed by atoms with E-state index in [4.69, 9.17) is 14.7 Å². The molecule has 0 unspecified atom stereocenters. The Labute approximate surface area is 155 Å². The van der Waals surface area contributed by atoms with Gasteiger partial charge in [0.25, 0.3) is 5.56 Å². The summed E-state index contributed by atoms with van der Waals surface area (Å²) in [4.78, 5) is 25.9. The van der Waals surface area contributed by atoms with Gasteiger partial charge in [0, 0.05) is 6.42 Å². The van der Waals surface area contributed by atoms with Gasteiger partial charge in [-0.2, -0.15) is 5.26 Å². The molecule has 0 aliphatic carbocycles. The van der Waals surface area contributed by atoms with Gasteiger partial charge in [-0.15, -0.1) is 0 Å². The Morgan fingerprint density at radius 1 is 1.33 bits per heavy atom.